The number of hydrogen-bond acceptors (Lipinski definition) is 4. The third kappa shape index (κ3) is 3.16. The molecule has 1 heterocycles. The molecule has 16 heavy (non-hydrogen) atoms. The Morgan fingerprint density at radius 3 is 2.50 bits per heavy atom. The lowest BCUT2D eigenvalue weighted by Crippen LogP contribution is -2.43. The third-order valence-corrected chi connectivity index (χ3v) is 5.67. The fourth-order valence-corrected chi connectivity index (χ4v) is 3.75. The van der Waals surface area contributed by atoms with Crippen LogP contribution in [0.4, 0.5) is 0 Å². The summed E-state index contributed by atoms with van der Waals surface area (Å²) in [4.78, 5) is 0. The summed E-state index contributed by atoms with van der Waals surface area (Å²) in [6.07, 6.45) is 1.89. The Labute approximate surface area is 98.0 Å². The van der Waals surface area contributed by atoms with Crippen LogP contribution in [0.1, 0.15) is 26.2 Å². The predicted molar refractivity (Wildman–Crippen MR) is 63.7 cm³/mol. The molecule has 0 radical (unpaired) electrons. The van der Waals surface area contributed by atoms with Crippen LogP contribution in [-0.4, -0.2) is 50.8 Å². The first-order chi connectivity index (χ1) is 7.50. The van der Waals surface area contributed by atoms with Gasteiger partial charge in [0.05, 0.1) is 5.25 Å². The Balaban J connectivity index is 2.67. The van der Waals surface area contributed by atoms with E-state index in [-0.39, 0.29) is 11.3 Å². The average molecular weight is 250 g/mol. The highest BCUT2D eigenvalue weighted by molar-refractivity contribution is 7.89. The molecule has 0 saturated carbocycles. The van der Waals surface area contributed by atoms with E-state index in [0.717, 1.165) is 0 Å². The molecule has 1 aliphatic rings. The van der Waals surface area contributed by atoms with Gasteiger partial charge in [-0.15, -0.1) is 0 Å². The summed E-state index contributed by atoms with van der Waals surface area (Å²) in [5.74, 6) is 0. The predicted octanol–water partition coefficient (Wildman–Crippen LogP) is 0.164. The van der Waals surface area contributed by atoms with Gasteiger partial charge in [-0.1, -0.05) is 0 Å². The molecule has 0 bridgehead atoms. The van der Waals surface area contributed by atoms with Crippen LogP contribution in [0.3, 0.4) is 0 Å². The third-order valence-electron chi connectivity index (χ3n) is 3.20. The Morgan fingerprint density at radius 2 is 2.00 bits per heavy atom. The number of rotatable bonds is 5. The first-order valence-electron chi connectivity index (χ1n) is 5.74. The van der Waals surface area contributed by atoms with Gasteiger partial charge in [-0.05, 0) is 32.7 Å². The molecule has 1 unspecified atom stereocenters. The second-order valence-corrected chi connectivity index (χ2v) is 6.57. The summed E-state index contributed by atoms with van der Waals surface area (Å²) in [5, 5.41) is -0.286. The number of nitrogens with zero attached hydrogens (tertiary/aromatic N) is 1. The molecule has 96 valence electrons. The highest BCUT2D eigenvalue weighted by Crippen LogP contribution is 2.20. The lowest BCUT2D eigenvalue weighted by atomic mass is 10.2. The van der Waals surface area contributed by atoms with Gasteiger partial charge in [-0.3, -0.25) is 0 Å². The lowest BCUT2D eigenvalue weighted by molar-refractivity contribution is 0.0971. The van der Waals surface area contributed by atoms with Crippen LogP contribution in [0.5, 0.6) is 0 Å². The van der Waals surface area contributed by atoms with Crippen molar-refractivity contribution in [2.75, 3.05) is 26.8 Å². The maximum Gasteiger partial charge on any atom is 0.217 e. The molecule has 0 aromatic carbocycles. The minimum absolute atomic E-state index is 0.0298. The Hall–Kier alpha value is -0.170. The molecular formula is C10H22N2O3S. The molecule has 0 spiro atoms. The molecule has 2 N–H and O–H groups in total. The van der Waals surface area contributed by atoms with Crippen molar-refractivity contribution in [2.45, 2.75) is 37.5 Å². The molecule has 1 fully saturated rings. The maximum atomic E-state index is 12.2. The SMILES string of the molecule is CC(CCN)N(C)S(=O)(=O)C1CCOCC1. The van der Waals surface area contributed by atoms with Crippen molar-refractivity contribution in [3.05, 3.63) is 0 Å². The van der Waals surface area contributed by atoms with Gasteiger partial charge in [0.1, 0.15) is 0 Å². The quantitative estimate of drug-likeness (QED) is 0.754. The van der Waals surface area contributed by atoms with Gasteiger partial charge >= 0.3 is 0 Å². The summed E-state index contributed by atoms with van der Waals surface area (Å²) < 4.78 is 31.1. The number of sulfonamides is 1. The van der Waals surface area contributed by atoms with Gasteiger partial charge in [-0.2, -0.15) is 0 Å². The summed E-state index contributed by atoms with van der Waals surface area (Å²) in [6, 6.07) is -0.0298. The van der Waals surface area contributed by atoms with E-state index in [1.54, 1.807) is 7.05 Å². The Morgan fingerprint density at radius 1 is 1.44 bits per heavy atom. The van der Waals surface area contributed by atoms with Crippen molar-refractivity contribution in [3.63, 3.8) is 0 Å². The van der Waals surface area contributed by atoms with Crippen molar-refractivity contribution < 1.29 is 13.2 Å². The van der Waals surface area contributed by atoms with Crippen LogP contribution < -0.4 is 5.73 Å². The van der Waals surface area contributed by atoms with Gasteiger partial charge in [0.15, 0.2) is 0 Å². The van der Waals surface area contributed by atoms with E-state index in [1.165, 1.54) is 4.31 Å². The maximum absolute atomic E-state index is 12.2. The van der Waals surface area contributed by atoms with Crippen LogP contribution in [0.2, 0.25) is 0 Å². The molecular weight excluding hydrogens is 228 g/mol. The van der Waals surface area contributed by atoms with Gasteiger partial charge in [-0.25, -0.2) is 12.7 Å². The molecule has 1 aliphatic heterocycles. The summed E-state index contributed by atoms with van der Waals surface area (Å²) in [5.41, 5.74) is 5.45. The van der Waals surface area contributed by atoms with Gasteiger partial charge in [0.2, 0.25) is 10.0 Å². The molecule has 0 aromatic heterocycles. The average Bonchev–Trinajstić information content (AvgIpc) is 2.29. The van der Waals surface area contributed by atoms with E-state index in [9.17, 15) is 8.42 Å². The van der Waals surface area contributed by atoms with Gasteiger partial charge in [0, 0.05) is 26.3 Å². The first kappa shape index (κ1) is 13.9. The molecule has 0 aromatic rings. The summed E-state index contributed by atoms with van der Waals surface area (Å²) in [7, 11) is -1.54. The van der Waals surface area contributed by atoms with E-state index in [1.807, 2.05) is 6.92 Å². The van der Waals surface area contributed by atoms with Gasteiger partial charge in [0.25, 0.3) is 0 Å². The Bertz CT molecular complexity index is 299. The van der Waals surface area contributed by atoms with Crippen LogP contribution >= 0.6 is 0 Å². The normalized spacial score (nSPS) is 21.2. The van der Waals surface area contributed by atoms with E-state index in [2.05, 4.69) is 0 Å². The second kappa shape index (κ2) is 5.95. The highest BCUT2D eigenvalue weighted by Gasteiger charge is 2.33. The number of ether oxygens (including phenoxy) is 1. The molecule has 0 amide bonds. The molecule has 1 saturated heterocycles. The van der Waals surface area contributed by atoms with Crippen molar-refractivity contribution >= 4 is 10.0 Å². The van der Waals surface area contributed by atoms with E-state index in [0.29, 0.717) is 39.0 Å². The molecule has 6 heteroatoms. The fourth-order valence-electron chi connectivity index (χ4n) is 1.88. The zero-order valence-electron chi connectivity index (χ0n) is 10.1. The van der Waals surface area contributed by atoms with E-state index in [4.69, 9.17) is 10.5 Å². The standard InChI is InChI=1S/C10H22N2O3S/c1-9(3-6-11)12(2)16(13,14)10-4-7-15-8-5-10/h9-10H,3-8,11H2,1-2H3. The van der Waals surface area contributed by atoms with Crippen molar-refractivity contribution in [2.24, 2.45) is 5.73 Å². The Kier molecular flexibility index (Phi) is 5.17. The van der Waals surface area contributed by atoms with E-state index >= 15 is 0 Å². The summed E-state index contributed by atoms with van der Waals surface area (Å²) >= 11 is 0. The smallest absolute Gasteiger partial charge is 0.217 e. The van der Waals surface area contributed by atoms with Crippen LogP contribution in [0.25, 0.3) is 0 Å². The van der Waals surface area contributed by atoms with Crippen LogP contribution in [0, 0.1) is 0 Å². The minimum Gasteiger partial charge on any atom is -0.381 e. The monoisotopic (exact) mass is 250 g/mol. The topological polar surface area (TPSA) is 72.6 Å². The first-order valence-corrected chi connectivity index (χ1v) is 7.25. The molecule has 1 atom stereocenters. The summed E-state index contributed by atoms with van der Waals surface area (Å²) in [6.45, 7) is 3.49. The largest absolute Gasteiger partial charge is 0.381 e. The van der Waals surface area contributed by atoms with Crippen LogP contribution in [0.15, 0.2) is 0 Å². The lowest BCUT2D eigenvalue weighted by Gasteiger charge is -2.30. The van der Waals surface area contributed by atoms with E-state index < -0.39 is 10.0 Å². The highest BCUT2D eigenvalue weighted by atomic mass is 32.2. The van der Waals surface area contributed by atoms with Crippen molar-refractivity contribution in [3.8, 4) is 0 Å². The van der Waals surface area contributed by atoms with Crippen molar-refractivity contribution in [1.82, 2.24) is 4.31 Å². The number of hydrogen-bond donors (Lipinski definition) is 1. The molecule has 0 aliphatic carbocycles. The zero-order valence-corrected chi connectivity index (χ0v) is 10.9. The van der Waals surface area contributed by atoms with Crippen LogP contribution in [-0.2, 0) is 14.8 Å². The second-order valence-electron chi connectivity index (χ2n) is 4.30. The molecule has 1 rings (SSSR count). The zero-order chi connectivity index (χ0) is 12.2. The van der Waals surface area contributed by atoms with Crippen molar-refractivity contribution in [1.29, 1.82) is 0 Å². The minimum atomic E-state index is -3.19. The number of nitrogens with two attached hydrogens (primary N) is 1. The van der Waals surface area contributed by atoms with Gasteiger partial charge < -0.3 is 10.5 Å². The molecule has 5 nitrogen and oxygen atoms in total. The fraction of sp³-hybridized carbons (Fsp3) is 1.00.